The molecule has 104 valence electrons. The molecule has 6 heteroatoms. The van der Waals surface area contributed by atoms with Gasteiger partial charge in [0.2, 0.25) is 0 Å². The Balaban J connectivity index is 1.87. The Morgan fingerprint density at radius 3 is 3.00 bits per heavy atom. The number of hydrogen-bond acceptors (Lipinski definition) is 5. The topological polar surface area (TPSA) is 66.9 Å². The summed E-state index contributed by atoms with van der Waals surface area (Å²) in [6.45, 7) is 5.62. The Hall–Kier alpha value is -1.79. The number of aromatic nitrogens is 2. The van der Waals surface area contributed by atoms with Crippen molar-refractivity contribution < 1.29 is 4.79 Å². The predicted molar refractivity (Wildman–Crippen MR) is 79.2 cm³/mol. The van der Waals surface area contributed by atoms with E-state index in [1.54, 1.807) is 6.20 Å². The zero-order chi connectivity index (χ0) is 14.1. The predicted octanol–water partition coefficient (Wildman–Crippen LogP) is 2.05. The number of carbonyl (C=O) groups is 1. The lowest BCUT2D eigenvalue weighted by Gasteiger charge is -2.18. The van der Waals surface area contributed by atoms with Gasteiger partial charge < -0.3 is 5.32 Å². The monoisotopic (exact) mass is 288 g/mol. The summed E-state index contributed by atoms with van der Waals surface area (Å²) in [5.41, 5.74) is 3.83. The van der Waals surface area contributed by atoms with E-state index in [0.29, 0.717) is 10.7 Å². The van der Waals surface area contributed by atoms with E-state index in [1.165, 1.54) is 11.3 Å². The summed E-state index contributed by atoms with van der Waals surface area (Å²) in [6.07, 6.45) is 4.33. The zero-order valence-electron chi connectivity index (χ0n) is 11.5. The van der Waals surface area contributed by atoms with E-state index in [4.69, 9.17) is 0 Å². The molecule has 0 saturated carbocycles. The van der Waals surface area contributed by atoms with Gasteiger partial charge in [-0.2, -0.15) is 0 Å². The Morgan fingerprint density at radius 2 is 2.25 bits per heavy atom. The van der Waals surface area contributed by atoms with Crippen LogP contribution in [-0.4, -0.2) is 22.4 Å². The summed E-state index contributed by atoms with van der Waals surface area (Å²) >= 11 is 1.50. The maximum absolute atomic E-state index is 12.4. The van der Waals surface area contributed by atoms with Gasteiger partial charge in [-0.25, -0.2) is 4.98 Å². The van der Waals surface area contributed by atoms with E-state index in [2.05, 4.69) is 20.6 Å². The molecule has 20 heavy (non-hydrogen) atoms. The summed E-state index contributed by atoms with van der Waals surface area (Å²) < 4.78 is 0. The molecule has 0 saturated heterocycles. The third kappa shape index (κ3) is 2.44. The fourth-order valence-electron chi connectivity index (χ4n) is 2.30. The van der Waals surface area contributed by atoms with E-state index >= 15 is 0 Å². The molecule has 1 aliphatic heterocycles. The number of nitrogens with zero attached hydrogens (tertiary/aromatic N) is 2. The van der Waals surface area contributed by atoms with Crippen LogP contribution in [0.2, 0.25) is 0 Å². The number of anilines is 1. The first-order valence-corrected chi connectivity index (χ1v) is 7.38. The van der Waals surface area contributed by atoms with E-state index in [-0.39, 0.29) is 5.91 Å². The number of aryl methyl sites for hydroxylation is 2. The molecule has 0 unspecified atom stereocenters. The lowest BCUT2D eigenvalue weighted by atomic mass is 9.98. The number of carbonyl (C=O) groups excluding carboxylic acids is 1. The molecule has 0 radical (unpaired) electrons. The van der Waals surface area contributed by atoms with Gasteiger partial charge in [0.25, 0.3) is 5.91 Å². The fourth-order valence-corrected chi connectivity index (χ4v) is 3.11. The van der Waals surface area contributed by atoms with Crippen molar-refractivity contribution in [1.82, 2.24) is 15.3 Å². The summed E-state index contributed by atoms with van der Waals surface area (Å²) in [5.74, 6) is -0.120. The molecular formula is C14H16N4OS. The van der Waals surface area contributed by atoms with Gasteiger partial charge >= 0.3 is 0 Å². The van der Waals surface area contributed by atoms with Crippen molar-refractivity contribution in [3.05, 3.63) is 39.7 Å². The highest BCUT2D eigenvalue weighted by Crippen LogP contribution is 2.23. The molecule has 2 N–H and O–H groups in total. The van der Waals surface area contributed by atoms with Crippen molar-refractivity contribution in [1.29, 1.82) is 0 Å². The minimum atomic E-state index is -0.120. The third-order valence-corrected chi connectivity index (χ3v) is 4.50. The SMILES string of the molecule is Cc1nc(NC(=O)c2cncc3c2CCNC3)sc1C. The second-order valence-corrected chi connectivity index (χ2v) is 6.07. The Kier molecular flexibility index (Phi) is 3.50. The average molecular weight is 288 g/mol. The van der Waals surface area contributed by atoms with Crippen molar-refractivity contribution in [2.24, 2.45) is 0 Å². The average Bonchev–Trinajstić information content (AvgIpc) is 2.76. The van der Waals surface area contributed by atoms with Gasteiger partial charge in [0, 0.05) is 23.8 Å². The molecule has 0 atom stereocenters. The summed E-state index contributed by atoms with van der Waals surface area (Å²) in [5, 5.41) is 6.81. The third-order valence-electron chi connectivity index (χ3n) is 3.51. The number of nitrogens with one attached hydrogen (secondary N) is 2. The lowest BCUT2D eigenvalue weighted by Crippen LogP contribution is -2.27. The molecule has 5 nitrogen and oxygen atoms in total. The molecule has 2 aromatic rings. The molecule has 0 spiro atoms. The highest BCUT2D eigenvalue weighted by molar-refractivity contribution is 7.15. The molecular weight excluding hydrogens is 272 g/mol. The first kappa shape index (κ1) is 13.2. The number of pyridine rings is 1. The van der Waals surface area contributed by atoms with E-state index in [1.807, 2.05) is 20.0 Å². The summed E-state index contributed by atoms with van der Waals surface area (Å²) in [6, 6.07) is 0. The maximum Gasteiger partial charge on any atom is 0.259 e. The molecule has 3 heterocycles. The summed E-state index contributed by atoms with van der Waals surface area (Å²) in [4.78, 5) is 22.0. The number of thiazole rings is 1. The standard InChI is InChI=1S/C14H16N4OS/c1-8-9(2)20-14(17-8)18-13(19)12-7-16-6-10-5-15-4-3-11(10)12/h6-7,15H,3-5H2,1-2H3,(H,17,18,19). The fraction of sp³-hybridized carbons (Fsp3) is 0.357. The van der Waals surface area contributed by atoms with Crippen molar-refractivity contribution in [3.63, 3.8) is 0 Å². The smallest absolute Gasteiger partial charge is 0.259 e. The lowest BCUT2D eigenvalue weighted by molar-refractivity contribution is 0.102. The number of amides is 1. The van der Waals surface area contributed by atoms with Crippen LogP contribution in [0.3, 0.4) is 0 Å². The van der Waals surface area contributed by atoms with Crippen LogP contribution in [0, 0.1) is 13.8 Å². The zero-order valence-corrected chi connectivity index (χ0v) is 12.3. The quantitative estimate of drug-likeness (QED) is 0.887. The number of hydrogen-bond donors (Lipinski definition) is 2. The first-order valence-electron chi connectivity index (χ1n) is 6.57. The number of rotatable bonds is 2. The van der Waals surface area contributed by atoms with Crippen LogP contribution in [0.4, 0.5) is 5.13 Å². The minimum absolute atomic E-state index is 0.120. The highest BCUT2D eigenvalue weighted by atomic mass is 32.1. The van der Waals surface area contributed by atoms with Gasteiger partial charge in [0.05, 0.1) is 11.3 Å². The Morgan fingerprint density at radius 1 is 1.40 bits per heavy atom. The van der Waals surface area contributed by atoms with Gasteiger partial charge in [0.1, 0.15) is 0 Å². The molecule has 0 aliphatic carbocycles. The molecule has 1 aliphatic rings. The maximum atomic E-state index is 12.4. The van der Waals surface area contributed by atoms with Gasteiger partial charge in [0.15, 0.2) is 5.13 Å². The van der Waals surface area contributed by atoms with Crippen LogP contribution in [0.15, 0.2) is 12.4 Å². The van der Waals surface area contributed by atoms with Crippen LogP contribution in [0.1, 0.15) is 32.1 Å². The van der Waals surface area contributed by atoms with Gasteiger partial charge in [-0.3, -0.25) is 15.1 Å². The second kappa shape index (κ2) is 5.30. The van der Waals surface area contributed by atoms with E-state index in [0.717, 1.165) is 41.2 Å². The van der Waals surface area contributed by atoms with Crippen LogP contribution in [-0.2, 0) is 13.0 Å². The Labute approximate surface area is 121 Å². The van der Waals surface area contributed by atoms with Gasteiger partial charge in [-0.15, -0.1) is 11.3 Å². The van der Waals surface area contributed by atoms with E-state index < -0.39 is 0 Å². The van der Waals surface area contributed by atoms with Gasteiger partial charge in [-0.1, -0.05) is 0 Å². The van der Waals surface area contributed by atoms with Crippen molar-refractivity contribution in [3.8, 4) is 0 Å². The summed E-state index contributed by atoms with van der Waals surface area (Å²) in [7, 11) is 0. The molecule has 0 bridgehead atoms. The second-order valence-electron chi connectivity index (χ2n) is 4.87. The normalized spacial score (nSPS) is 13.9. The molecule has 0 aromatic carbocycles. The van der Waals surface area contributed by atoms with Crippen LogP contribution >= 0.6 is 11.3 Å². The van der Waals surface area contributed by atoms with Crippen LogP contribution in [0.5, 0.6) is 0 Å². The minimum Gasteiger partial charge on any atom is -0.312 e. The molecule has 2 aromatic heterocycles. The first-order chi connectivity index (χ1) is 9.65. The van der Waals surface area contributed by atoms with Crippen molar-refractivity contribution in [2.75, 3.05) is 11.9 Å². The van der Waals surface area contributed by atoms with Crippen molar-refractivity contribution in [2.45, 2.75) is 26.8 Å². The van der Waals surface area contributed by atoms with Crippen LogP contribution < -0.4 is 10.6 Å². The molecule has 3 rings (SSSR count). The largest absolute Gasteiger partial charge is 0.312 e. The van der Waals surface area contributed by atoms with E-state index in [9.17, 15) is 4.79 Å². The number of fused-ring (bicyclic) bond motifs is 1. The van der Waals surface area contributed by atoms with Crippen LogP contribution in [0.25, 0.3) is 0 Å². The van der Waals surface area contributed by atoms with Crippen molar-refractivity contribution >= 4 is 22.4 Å². The molecule has 0 fully saturated rings. The van der Waals surface area contributed by atoms with Gasteiger partial charge in [-0.05, 0) is 37.9 Å². The molecule has 1 amide bonds. The Bertz CT molecular complexity index is 646. The highest BCUT2D eigenvalue weighted by Gasteiger charge is 2.19.